The lowest BCUT2D eigenvalue weighted by Gasteiger charge is -2.29. The first kappa shape index (κ1) is 78.4. The van der Waals surface area contributed by atoms with Crippen molar-refractivity contribution in [1.29, 1.82) is 0 Å². The molecule has 0 spiro atoms. The molecule has 9 heteroatoms. The number of amides is 1. The molecule has 8 nitrogen and oxygen atoms in total. The van der Waals surface area contributed by atoms with Crippen molar-refractivity contribution in [2.45, 2.75) is 270 Å². The molecule has 0 aliphatic carbocycles. The molecule has 0 aliphatic heterocycles. The molecule has 0 aromatic rings. The number of nitrogens with zero attached hydrogens (tertiary/aromatic N) is 1. The minimum absolute atomic E-state index is 0.0150. The summed E-state index contributed by atoms with van der Waals surface area (Å²) in [6.45, 7) is 4.51. The summed E-state index contributed by atoms with van der Waals surface area (Å²) in [6.07, 6.45) is 95.2. The summed E-state index contributed by atoms with van der Waals surface area (Å²) in [6, 6.07) is -0.919. The fraction of sp³-hybridized carbons (Fsp3) is 0.658. The van der Waals surface area contributed by atoms with Crippen LogP contribution in [-0.4, -0.2) is 68.5 Å². The van der Waals surface area contributed by atoms with Gasteiger partial charge >= 0.3 is 0 Å². The van der Waals surface area contributed by atoms with Crippen LogP contribution in [0.5, 0.6) is 0 Å². The normalized spacial score (nSPS) is 14.7. The van der Waals surface area contributed by atoms with Crippen molar-refractivity contribution < 1.29 is 32.9 Å². The Bertz CT molecular complexity index is 1840. The van der Waals surface area contributed by atoms with E-state index in [-0.39, 0.29) is 12.5 Å². The third kappa shape index (κ3) is 64.0. The van der Waals surface area contributed by atoms with Crippen LogP contribution in [0.4, 0.5) is 0 Å². The van der Waals surface area contributed by atoms with Crippen molar-refractivity contribution in [2.24, 2.45) is 0 Å². The lowest BCUT2D eigenvalue weighted by Crippen LogP contribution is -2.45. The van der Waals surface area contributed by atoms with Gasteiger partial charge in [-0.15, -0.1) is 0 Å². The van der Waals surface area contributed by atoms with E-state index in [0.717, 1.165) is 116 Å². The monoisotopic (exact) mass is 1160 g/mol. The summed E-state index contributed by atoms with van der Waals surface area (Å²) in [5, 5.41) is 13.9. The smallest absolute Gasteiger partial charge is 0.268 e. The highest BCUT2D eigenvalue weighted by Crippen LogP contribution is 2.38. The summed E-state index contributed by atoms with van der Waals surface area (Å²) < 4.78 is 23.4. The van der Waals surface area contributed by atoms with Crippen LogP contribution >= 0.6 is 7.82 Å². The number of nitrogens with one attached hydrogen (secondary N) is 1. The van der Waals surface area contributed by atoms with E-state index in [9.17, 15) is 19.4 Å². The van der Waals surface area contributed by atoms with Gasteiger partial charge in [0, 0.05) is 6.42 Å². The average molecular weight is 1160 g/mol. The SMILES string of the molecule is CC/C=C\C/C=C\C/C=C\C/C=C\C/C=C\C/C=C\C/C=C\C/C=C\C/C=C\C/C=C\CCCCCCCCCCC(=O)NC(COP(=O)([O-])OCC[N+](C)(C)C)C(O)/C=C/CC/C=C/CCCCCCCCCCCCCCCCC. The van der Waals surface area contributed by atoms with Gasteiger partial charge in [0.05, 0.1) is 39.9 Å². The molecule has 0 aliphatic rings. The van der Waals surface area contributed by atoms with Crippen molar-refractivity contribution in [3.8, 4) is 0 Å². The second-order valence-corrected chi connectivity index (χ2v) is 24.5. The van der Waals surface area contributed by atoms with Crippen molar-refractivity contribution >= 4 is 13.7 Å². The van der Waals surface area contributed by atoms with Crippen molar-refractivity contribution in [3.05, 3.63) is 146 Å². The number of aliphatic hydroxyl groups excluding tert-OH is 1. The average Bonchev–Trinajstić information content (AvgIpc) is 3.46. The van der Waals surface area contributed by atoms with Crippen molar-refractivity contribution in [2.75, 3.05) is 40.9 Å². The lowest BCUT2D eigenvalue weighted by atomic mass is 10.0. The summed E-state index contributed by atoms with van der Waals surface area (Å²) >= 11 is 0. The Morgan fingerprint density at radius 3 is 1.13 bits per heavy atom. The number of aliphatic hydroxyl groups is 1. The molecule has 3 unspecified atom stereocenters. The molecule has 0 radical (unpaired) electrons. The Balaban J connectivity index is 4.20. The number of hydrogen-bond donors (Lipinski definition) is 2. The van der Waals surface area contributed by atoms with E-state index in [1.54, 1.807) is 6.08 Å². The first-order valence-corrected chi connectivity index (χ1v) is 34.7. The van der Waals surface area contributed by atoms with Crippen LogP contribution in [0.1, 0.15) is 258 Å². The maximum Gasteiger partial charge on any atom is 0.268 e. The van der Waals surface area contributed by atoms with Crippen LogP contribution in [0, 0.1) is 0 Å². The van der Waals surface area contributed by atoms with E-state index in [1.807, 2.05) is 27.2 Å². The van der Waals surface area contributed by atoms with Gasteiger partial charge in [-0.1, -0.05) is 288 Å². The zero-order valence-corrected chi connectivity index (χ0v) is 54.3. The highest BCUT2D eigenvalue weighted by molar-refractivity contribution is 7.45. The maximum atomic E-state index is 13.0. The number of likely N-dealkylation sites (N-methyl/N-ethyl adjacent to an activating group) is 1. The molecule has 0 fully saturated rings. The van der Waals surface area contributed by atoms with Gasteiger partial charge in [-0.3, -0.25) is 9.36 Å². The topological polar surface area (TPSA) is 108 Å². The zero-order valence-electron chi connectivity index (χ0n) is 53.4. The van der Waals surface area contributed by atoms with Crippen LogP contribution in [0.3, 0.4) is 0 Å². The standard InChI is InChI=1S/C73H125N2O6P/c1-6-8-10-12-14-16-18-20-22-24-26-28-29-30-31-32-33-34-35-36-37-38-39-40-41-42-43-44-45-47-49-51-53-55-57-59-61-63-65-67-73(77)74-71(70-81-82(78,79)80-69-68-75(3,4)5)72(76)66-64-62-60-58-56-54-52-50-48-46-27-25-23-21-19-17-15-13-11-9-7-2/h8,10,14,16,20,22,26,28,30-31,33-34,36-37,39-40,42-43,45,47,56,58,64,66,71-72,76H,6-7,9,11-13,15,17-19,21,23-25,27,29,32,35,38,41,44,46,48-55,57,59-63,65,67-70H2,1-5H3,(H-,74,77,78,79)/b10-8-,16-14-,22-20-,28-26-,31-30-,34-33-,37-36-,40-39-,43-42-,47-45-,58-56+,66-64+. The Hall–Kier alpha value is -3.62. The highest BCUT2D eigenvalue weighted by atomic mass is 31.2. The van der Waals surface area contributed by atoms with Crippen LogP contribution < -0.4 is 10.2 Å². The van der Waals surface area contributed by atoms with Gasteiger partial charge < -0.3 is 28.8 Å². The van der Waals surface area contributed by atoms with Crippen molar-refractivity contribution in [3.63, 3.8) is 0 Å². The molecule has 82 heavy (non-hydrogen) atoms. The minimum Gasteiger partial charge on any atom is -0.756 e. The van der Waals surface area contributed by atoms with Gasteiger partial charge in [0.2, 0.25) is 5.91 Å². The quantitative estimate of drug-likeness (QED) is 0.0272. The van der Waals surface area contributed by atoms with Crippen LogP contribution in [0.2, 0.25) is 0 Å². The van der Waals surface area contributed by atoms with Gasteiger partial charge in [-0.05, 0) is 109 Å². The number of carbonyl (C=O) groups is 1. The Labute approximate surface area is 506 Å². The van der Waals surface area contributed by atoms with E-state index >= 15 is 0 Å². The third-order valence-corrected chi connectivity index (χ3v) is 15.0. The molecule has 0 saturated heterocycles. The van der Waals surface area contributed by atoms with Crippen LogP contribution in [0.25, 0.3) is 0 Å². The van der Waals surface area contributed by atoms with E-state index in [4.69, 9.17) is 9.05 Å². The van der Waals surface area contributed by atoms with E-state index in [0.29, 0.717) is 17.4 Å². The van der Waals surface area contributed by atoms with E-state index < -0.39 is 26.6 Å². The number of allylic oxidation sites excluding steroid dienone is 23. The number of hydrogen-bond acceptors (Lipinski definition) is 6. The fourth-order valence-electron chi connectivity index (χ4n) is 8.90. The lowest BCUT2D eigenvalue weighted by molar-refractivity contribution is -0.870. The molecule has 2 N–H and O–H groups in total. The molecule has 0 rings (SSSR count). The predicted molar refractivity (Wildman–Crippen MR) is 357 cm³/mol. The van der Waals surface area contributed by atoms with Crippen LogP contribution in [0.15, 0.2) is 146 Å². The Morgan fingerprint density at radius 2 is 0.756 bits per heavy atom. The number of rotatable bonds is 59. The van der Waals surface area contributed by atoms with Gasteiger partial charge in [-0.25, -0.2) is 0 Å². The number of carbonyl (C=O) groups excluding carboxylic acids is 1. The fourth-order valence-corrected chi connectivity index (χ4v) is 9.63. The highest BCUT2D eigenvalue weighted by Gasteiger charge is 2.23. The van der Waals surface area contributed by atoms with E-state index in [2.05, 4.69) is 153 Å². The second-order valence-electron chi connectivity index (χ2n) is 23.1. The first-order chi connectivity index (χ1) is 40.0. The van der Waals surface area contributed by atoms with Gasteiger partial charge in [0.1, 0.15) is 13.2 Å². The second kappa shape index (κ2) is 61.9. The zero-order chi connectivity index (χ0) is 59.8. The summed E-state index contributed by atoms with van der Waals surface area (Å²) in [7, 11) is 1.22. The Kier molecular flexibility index (Phi) is 59.2. The molecule has 0 heterocycles. The minimum atomic E-state index is -4.62. The van der Waals surface area contributed by atoms with Crippen molar-refractivity contribution in [1.82, 2.24) is 5.32 Å². The number of phosphoric ester groups is 1. The molecule has 1 amide bonds. The Morgan fingerprint density at radius 1 is 0.439 bits per heavy atom. The molecule has 0 aromatic carbocycles. The number of quaternary nitrogens is 1. The molecule has 3 atom stereocenters. The van der Waals surface area contributed by atoms with E-state index in [1.165, 1.54) is 122 Å². The largest absolute Gasteiger partial charge is 0.756 e. The number of unbranched alkanes of at least 4 members (excludes halogenated alkanes) is 24. The molecule has 468 valence electrons. The maximum absolute atomic E-state index is 13.0. The molecule has 0 bridgehead atoms. The number of phosphoric acid groups is 1. The third-order valence-electron chi connectivity index (χ3n) is 14.0. The first-order valence-electron chi connectivity index (χ1n) is 33.2. The van der Waals surface area contributed by atoms with Gasteiger partial charge in [0.15, 0.2) is 0 Å². The van der Waals surface area contributed by atoms with Gasteiger partial charge in [-0.2, -0.15) is 0 Å². The molecular weight excluding hydrogens is 1030 g/mol. The summed E-state index contributed by atoms with van der Waals surface area (Å²) in [5.41, 5.74) is 0. The summed E-state index contributed by atoms with van der Waals surface area (Å²) in [4.78, 5) is 25.6. The van der Waals surface area contributed by atoms with Gasteiger partial charge in [0.25, 0.3) is 7.82 Å². The predicted octanol–water partition coefficient (Wildman–Crippen LogP) is 20.6. The van der Waals surface area contributed by atoms with Crippen LogP contribution in [-0.2, 0) is 18.4 Å². The molecular formula is C73H125N2O6P. The molecule has 0 aromatic heterocycles. The summed E-state index contributed by atoms with van der Waals surface area (Å²) in [5.74, 6) is -0.220. The molecule has 0 saturated carbocycles.